The zero-order chi connectivity index (χ0) is 26.2. The maximum Gasteiger partial charge on any atom is 0.237 e. The predicted molar refractivity (Wildman–Crippen MR) is 142 cm³/mol. The molecule has 0 unspecified atom stereocenters. The van der Waals surface area contributed by atoms with Gasteiger partial charge in [0.25, 0.3) is 0 Å². The molecule has 6 nitrogen and oxygen atoms in total. The Morgan fingerprint density at radius 2 is 1.84 bits per heavy atom. The van der Waals surface area contributed by atoms with E-state index < -0.39 is 11.6 Å². The monoisotopic (exact) mass is 507 g/mol. The number of anilines is 1. The van der Waals surface area contributed by atoms with Crippen LogP contribution >= 0.6 is 0 Å². The van der Waals surface area contributed by atoms with E-state index in [0.717, 1.165) is 30.3 Å². The van der Waals surface area contributed by atoms with Crippen molar-refractivity contribution in [2.24, 2.45) is 0 Å². The Morgan fingerprint density at radius 1 is 1.05 bits per heavy atom. The van der Waals surface area contributed by atoms with E-state index in [1.807, 2.05) is 12.1 Å². The van der Waals surface area contributed by atoms with Crippen LogP contribution in [0.3, 0.4) is 0 Å². The van der Waals surface area contributed by atoms with Gasteiger partial charge in [0.05, 0.1) is 6.04 Å². The van der Waals surface area contributed by atoms with Crippen LogP contribution in [-0.2, 0) is 24.4 Å². The minimum absolute atomic E-state index is 0.00598. The summed E-state index contributed by atoms with van der Waals surface area (Å²) in [6.07, 6.45) is 4.04. The first kappa shape index (κ1) is 26.7. The molecule has 8 heteroatoms. The normalized spacial score (nSPS) is 17.6. The third-order valence-electron chi connectivity index (χ3n) is 6.94. The van der Waals surface area contributed by atoms with E-state index in [0.29, 0.717) is 31.6 Å². The van der Waals surface area contributed by atoms with E-state index >= 15 is 0 Å². The molecule has 0 aliphatic carbocycles. The van der Waals surface area contributed by atoms with Gasteiger partial charge in [0.1, 0.15) is 11.6 Å². The SMILES string of the molecule is CCN(CC)c1ccc(CN2C[C@@H](NCc3ccc(F)cc3F)C[C@H]2C(=O)NCc2cccnc2)cc1. The van der Waals surface area contributed by atoms with Crippen molar-refractivity contribution in [2.75, 3.05) is 24.5 Å². The van der Waals surface area contributed by atoms with Crippen molar-refractivity contribution in [1.82, 2.24) is 20.5 Å². The first-order valence-electron chi connectivity index (χ1n) is 12.9. The third-order valence-corrected chi connectivity index (χ3v) is 6.94. The second kappa shape index (κ2) is 12.7. The number of carbonyl (C=O) groups excluding carboxylic acids is 1. The van der Waals surface area contributed by atoms with Crippen LogP contribution in [0.4, 0.5) is 14.5 Å². The predicted octanol–water partition coefficient (Wildman–Crippen LogP) is 4.26. The number of amides is 1. The van der Waals surface area contributed by atoms with Gasteiger partial charge in [-0.3, -0.25) is 14.7 Å². The number of hydrogen-bond donors (Lipinski definition) is 2. The van der Waals surface area contributed by atoms with Crippen LogP contribution in [0.5, 0.6) is 0 Å². The Bertz CT molecular complexity index is 1150. The summed E-state index contributed by atoms with van der Waals surface area (Å²) in [6.45, 7) is 8.13. The molecule has 2 heterocycles. The van der Waals surface area contributed by atoms with Crippen LogP contribution in [0.2, 0.25) is 0 Å². The van der Waals surface area contributed by atoms with Gasteiger partial charge < -0.3 is 15.5 Å². The molecule has 0 saturated carbocycles. The number of hydrogen-bond acceptors (Lipinski definition) is 5. The molecule has 2 aromatic carbocycles. The van der Waals surface area contributed by atoms with Crippen molar-refractivity contribution in [3.05, 3.63) is 95.3 Å². The summed E-state index contributed by atoms with van der Waals surface area (Å²) in [5.74, 6) is -1.20. The Hall–Kier alpha value is -3.36. The fraction of sp³-hybridized carbons (Fsp3) is 0.379. The highest BCUT2D eigenvalue weighted by Crippen LogP contribution is 2.23. The van der Waals surface area contributed by atoms with Crippen LogP contribution in [0.15, 0.2) is 67.0 Å². The molecule has 1 aromatic heterocycles. The lowest BCUT2D eigenvalue weighted by atomic mass is 10.1. The highest BCUT2D eigenvalue weighted by molar-refractivity contribution is 5.82. The number of nitrogens with one attached hydrogen (secondary N) is 2. The average molecular weight is 508 g/mol. The molecule has 1 saturated heterocycles. The lowest BCUT2D eigenvalue weighted by molar-refractivity contribution is -0.125. The summed E-state index contributed by atoms with van der Waals surface area (Å²) in [7, 11) is 0. The Labute approximate surface area is 217 Å². The van der Waals surface area contributed by atoms with Crippen LogP contribution in [0, 0.1) is 11.6 Å². The molecule has 1 aliphatic heterocycles. The lowest BCUT2D eigenvalue weighted by Crippen LogP contribution is -2.42. The first-order valence-corrected chi connectivity index (χ1v) is 12.9. The highest BCUT2D eigenvalue weighted by Gasteiger charge is 2.36. The van der Waals surface area contributed by atoms with Crippen molar-refractivity contribution in [3.8, 4) is 0 Å². The number of benzene rings is 2. The Balaban J connectivity index is 1.44. The second-order valence-electron chi connectivity index (χ2n) is 9.41. The van der Waals surface area contributed by atoms with Crippen LogP contribution in [0.1, 0.15) is 37.0 Å². The van der Waals surface area contributed by atoms with Gasteiger partial charge >= 0.3 is 0 Å². The molecular formula is C29H35F2N5O. The fourth-order valence-electron chi connectivity index (χ4n) is 4.86. The Morgan fingerprint density at radius 3 is 2.51 bits per heavy atom. The molecule has 0 radical (unpaired) electrons. The summed E-state index contributed by atoms with van der Waals surface area (Å²) in [5.41, 5.74) is 3.66. The van der Waals surface area contributed by atoms with Gasteiger partial charge in [-0.05, 0) is 55.7 Å². The van der Waals surface area contributed by atoms with Gasteiger partial charge in [0.2, 0.25) is 5.91 Å². The summed E-state index contributed by atoms with van der Waals surface area (Å²) >= 11 is 0. The molecule has 2 N–H and O–H groups in total. The molecule has 2 atom stereocenters. The summed E-state index contributed by atoms with van der Waals surface area (Å²) in [5, 5.41) is 6.42. The van der Waals surface area contributed by atoms with Crippen molar-refractivity contribution in [2.45, 2.75) is 52.0 Å². The number of aromatic nitrogens is 1. The standard InChI is InChI=1S/C29H35F2N5O/c1-3-35(4-2)26-11-7-21(8-12-26)19-36-20-25(33-18-23-9-10-24(30)14-27(23)31)15-28(36)29(37)34-17-22-6-5-13-32-16-22/h5-14,16,25,28,33H,3-4,15,17-20H2,1-2H3,(H,34,37)/t25-,28-/m0/s1. The number of carbonyl (C=O) groups is 1. The van der Waals surface area contributed by atoms with Gasteiger partial charge in [0.15, 0.2) is 0 Å². The average Bonchev–Trinajstić information content (AvgIpc) is 3.31. The minimum atomic E-state index is -0.592. The van der Waals surface area contributed by atoms with E-state index in [-0.39, 0.29) is 24.5 Å². The van der Waals surface area contributed by atoms with Crippen molar-refractivity contribution >= 4 is 11.6 Å². The lowest BCUT2D eigenvalue weighted by Gasteiger charge is -2.25. The van der Waals surface area contributed by atoms with Crippen molar-refractivity contribution < 1.29 is 13.6 Å². The van der Waals surface area contributed by atoms with Crippen LogP contribution < -0.4 is 15.5 Å². The molecule has 0 spiro atoms. The van der Waals surface area contributed by atoms with Gasteiger partial charge in [-0.25, -0.2) is 8.78 Å². The zero-order valence-corrected chi connectivity index (χ0v) is 21.5. The van der Waals surface area contributed by atoms with Crippen LogP contribution in [0.25, 0.3) is 0 Å². The number of nitrogens with zero attached hydrogens (tertiary/aromatic N) is 3. The second-order valence-corrected chi connectivity index (χ2v) is 9.41. The molecular weight excluding hydrogens is 472 g/mol. The number of halogens is 2. The molecule has 3 aromatic rings. The van der Waals surface area contributed by atoms with Gasteiger partial charge in [0, 0.05) is 75.0 Å². The zero-order valence-electron chi connectivity index (χ0n) is 21.5. The summed E-state index contributed by atoms with van der Waals surface area (Å²) in [4.78, 5) is 21.8. The first-order chi connectivity index (χ1) is 18.0. The smallest absolute Gasteiger partial charge is 0.237 e. The van der Waals surface area contributed by atoms with Crippen molar-refractivity contribution in [1.29, 1.82) is 0 Å². The molecule has 1 aliphatic rings. The molecule has 1 fully saturated rings. The van der Waals surface area contributed by atoms with E-state index in [4.69, 9.17) is 0 Å². The largest absolute Gasteiger partial charge is 0.372 e. The third kappa shape index (κ3) is 7.11. The fourth-order valence-corrected chi connectivity index (χ4v) is 4.86. The van der Waals surface area contributed by atoms with E-state index in [2.05, 4.69) is 63.5 Å². The number of pyridine rings is 1. The quantitative estimate of drug-likeness (QED) is 0.406. The maximum atomic E-state index is 14.1. The van der Waals surface area contributed by atoms with Crippen molar-refractivity contribution in [3.63, 3.8) is 0 Å². The van der Waals surface area contributed by atoms with E-state index in [1.54, 1.807) is 12.4 Å². The maximum absolute atomic E-state index is 14.1. The van der Waals surface area contributed by atoms with Crippen LogP contribution in [-0.4, -0.2) is 47.5 Å². The topological polar surface area (TPSA) is 60.5 Å². The summed E-state index contributed by atoms with van der Waals surface area (Å²) in [6, 6.07) is 15.6. The molecule has 1 amide bonds. The van der Waals surface area contributed by atoms with Gasteiger partial charge in [-0.2, -0.15) is 0 Å². The van der Waals surface area contributed by atoms with Gasteiger partial charge in [-0.1, -0.05) is 24.3 Å². The highest BCUT2D eigenvalue weighted by atomic mass is 19.1. The van der Waals surface area contributed by atoms with E-state index in [9.17, 15) is 13.6 Å². The molecule has 196 valence electrons. The number of rotatable bonds is 11. The Kier molecular flexibility index (Phi) is 9.19. The molecule has 0 bridgehead atoms. The van der Waals surface area contributed by atoms with E-state index in [1.165, 1.54) is 17.8 Å². The number of likely N-dealkylation sites (tertiary alicyclic amines) is 1. The van der Waals surface area contributed by atoms with Gasteiger partial charge in [-0.15, -0.1) is 0 Å². The molecule has 37 heavy (non-hydrogen) atoms. The summed E-state index contributed by atoms with van der Waals surface area (Å²) < 4.78 is 27.4. The molecule has 4 rings (SSSR count). The minimum Gasteiger partial charge on any atom is -0.372 e.